The highest BCUT2D eigenvalue weighted by Crippen LogP contribution is 2.38. The zero-order chi connectivity index (χ0) is 37.7. The molecule has 0 spiro atoms. The van der Waals surface area contributed by atoms with Gasteiger partial charge in [0.05, 0.1) is 51.6 Å². The fourth-order valence-electron chi connectivity index (χ4n) is 4.58. The first-order valence-electron chi connectivity index (χ1n) is 14.5. The second-order valence-corrected chi connectivity index (χ2v) is 13.6. The van der Waals surface area contributed by atoms with Crippen LogP contribution in [0, 0.1) is 13.8 Å². The maximum absolute atomic E-state index is 12.7. The number of anilines is 2. The number of benzene rings is 3. The summed E-state index contributed by atoms with van der Waals surface area (Å²) >= 11 is 49.0. The number of carbonyl (C=O) groups is 2. The molecular weight excluding hydrogens is 842 g/mol. The molecule has 6 aromatic rings. The van der Waals surface area contributed by atoms with Gasteiger partial charge in [-0.3, -0.25) is 36.3 Å². The minimum absolute atomic E-state index is 0.175. The van der Waals surface area contributed by atoms with Gasteiger partial charge in [-0.2, -0.15) is 0 Å². The molecule has 2 amide bonds. The standard InChI is InChI=1S/C17H11Cl4N3O2.C16H10Cl4N4O2/c1-8-13(16(24-26-8)14-9(18)4-2-5-10(14)19)17(25)23-22-15-11(20)6-3-7-12(15)21;1-7-12(15(24-26-7)13-8(17)3-2-4-9(13)18)16(25)23-22-14-10(19)5-21-6-11(14)20/h2-7,22H,1H3,(H,23,25);2-6H,1H3,(H,21,22)(H,23,25). The van der Waals surface area contributed by atoms with Gasteiger partial charge in [0.2, 0.25) is 0 Å². The molecular formula is C33H21Cl8N7O4. The lowest BCUT2D eigenvalue weighted by Gasteiger charge is -2.12. The molecule has 0 aliphatic carbocycles. The quantitative estimate of drug-likeness (QED) is 0.110. The maximum atomic E-state index is 12.7. The summed E-state index contributed by atoms with van der Waals surface area (Å²) in [6, 6.07) is 14.9. The van der Waals surface area contributed by atoms with Crippen LogP contribution in [0.25, 0.3) is 22.5 Å². The minimum Gasteiger partial charge on any atom is -0.360 e. The van der Waals surface area contributed by atoms with Crippen LogP contribution in [0.5, 0.6) is 0 Å². The Kier molecular flexibility index (Phi) is 13.1. The van der Waals surface area contributed by atoms with Crippen LogP contribution in [-0.4, -0.2) is 27.1 Å². The Morgan fingerprint density at radius 3 is 1.21 bits per heavy atom. The molecule has 0 radical (unpaired) electrons. The molecule has 268 valence electrons. The van der Waals surface area contributed by atoms with E-state index in [1.165, 1.54) is 12.4 Å². The Bertz CT molecular complexity index is 2060. The molecule has 0 aliphatic rings. The van der Waals surface area contributed by atoms with E-state index in [4.69, 9.17) is 102 Å². The van der Waals surface area contributed by atoms with Crippen molar-refractivity contribution in [2.24, 2.45) is 0 Å². The van der Waals surface area contributed by atoms with E-state index >= 15 is 0 Å². The molecule has 19 heteroatoms. The van der Waals surface area contributed by atoms with Crippen LogP contribution >= 0.6 is 92.8 Å². The van der Waals surface area contributed by atoms with Crippen LogP contribution in [0.15, 0.2) is 76.0 Å². The Hall–Kier alpha value is -3.91. The first-order valence-corrected chi connectivity index (χ1v) is 17.5. The van der Waals surface area contributed by atoms with Gasteiger partial charge in [0, 0.05) is 23.5 Å². The molecule has 0 fully saturated rings. The third-order valence-electron chi connectivity index (χ3n) is 7.00. The normalized spacial score (nSPS) is 10.7. The number of para-hydroxylation sites is 1. The number of rotatable bonds is 8. The number of aromatic nitrogens is 3. The van der Waals surface area contributed by atoms with Crippen LogP contribution in [0.3, 0.4) is 0 Å². The monoisotopic (exact) mass is 859 g/mol. The third kappa shape index (κ3) is 8.65. The van der Waals surface area contributed by atoms with Crippen molar-refractivity contribution in [3.8, 4) is 22.5 Å². The summed E-state index contributed by atoms with van der Waals surface area (Å²) in [5.41, 5.74) is 12.7. The van der Waals surface area contributed by atoms with Crippen molar-refractivity contribution in [2.75, 3.05) is 10.9 Å². The van der Waals surface area contributed by atoms with E-state index in [2.05, 4.69) is 37.0 Å². The van der Waals surface area contributed by atoms with Gasteiger partial charge < -0.3 is 9.05 Å². The van der Waals surface area contributed by atoms with Gasteiger partial charge in [0.25, 0.3) is 11.8 Å². The van der Waals surface area contributed by atoms with E-state index in [0.717, 1.165) is 0 Å². The van der Waals surface area contributed by atoms with Crippen molar-refractivity contribution in [2.45, 2.75) is 13.8 Å². The molecule has 52 heavy (non-hydrogen) atoms. The first kappa shape index (κ1) is 39.3. The number of halogens is 8. The third-order valence-corrected chi connectivity index (χ3v) is 9.46. The second kappa shape index (κ2) is 17.3. The van der Waals surface area contributed by atoms with Gasteiger partial charge >= 0.3 is 0 Å². The van der Waals surface area contributed by atoms with E-state index in [1.54, 1.807) is 68.4 Å². The second-order valence-electron chi connectivity index (χ2n) is 10.4. The van der Waals surface area contributed by atoms with E-state index in [1.807, 2.05) is 0 Å². The Balaban J connectivity index is 0.000000201. The van der Waals surface area contributed by atoms with Crippen molar-refractivity contribution in [1.29, 1.82) is 0 Å². The van der Waals surface area contributed by atoms with Gasteiger partial charge in [0.1, 0.15) is 34.0 Å². The van der Waals surface area contributed by atoms with Crippen molar-refractivity contribution in [3.05, 3.63) is 130 Å². The van der Waals surface area contributed by atoms with Crippen molar-refractivity contribution in [1.82, 2.24) is 26.1 Å². The lowest BCUT2D eigenvalue weighted by atomic mass is 10.1. The summed E-state index contributed by atoms with van der Waals surface area (Å²) in [5, 5.41) is 10.4. The van der Waals surface area contributed by atoms with Crippen LogP contribution in [0.4, 0.5) is 11.4 Å². The molecule has 0 unspecified atom stereocenters. The zero-order valence-electron chi connectivity index (χ0n) is 26.3. The Morgan fingerprint density at radius 1 is 0.519 bits per heavy atom. The Labute approximate surface area is 335 Å². The van der Waals surface area contributed by atoms with Gasteiger partial charge in [0.15, 0.2) is 0 Å². The summed E-state index contributed by atoms with van der Waals surface area (Å²) in [5.74, 6) is -0.438. The maximum Gasteiger partial charge on any atom is 0.275 e. The molecule has 6 rings (SSSR count). The molecule has 0 saturated heterocycles. The van der Waals surface area contributed by atoms with Crippen molar-refractivity contribution >= 4 is 116 Å². The number of pyridine rings is 1. The highest BCUT2D eigenvalue weighted by Gasteiger charge is 2.26. The summed E-state index contributed by atoms with van der Waals surface area (Å²) in [6.45, 7) is 3.21. The van der Waals surface area contributed by atoms with Crippen molar-refractivity contribution < 1.29 is 18.6 Å². The molecule has 3 aromatic heterocycles. The largest absolute Gasteiger partial charge is 0.360 e. The van der Waals surface area contributed by atoms with E-state index in [9.17, 15) is 9.59 Å². The highest BCUT2D eigenvalue weighted by molar-refractivity contribution is 6.41. The van der Waals surface area contributed by atoms with E-state index in [-0.39, 0.29) is 32.6 Å². The number of nitrogens with one attached hydrogen (secondary N) is 4. The Morgan fingerprint density at radius 2 is 0.846 bits per heavy atom. The molecule has 0 aliphatic heterocycles. The average Bonchev–Trinajstić information content (AvgIpc) is 3.66. The first-order chi connectivity index (χ1) is 24.8. The highest BCUT2D eigenvalue weighted by atomic mass is 35.5. The fourth-order valence-corrected chi connectivity index (χ4v) is 6.68. The smallest absolute Gasteiger partial charge is 0.275 e. The van der Waals surface area contributed by atoms with Crippen LogP contribution in [0.2, 0.25) is 40.2 Å². The number of hydrogen-bond donors (Lipinski definition) is 4. The molecule has 0 bridgehead atoms. The number of hydrazine groups is 2. The topological polar surface area (TPSA) is 147 Å². The van der Waals surface area contributed by atoms with Crippen LogP contribution < -0.4 is 21.7 Å². The lowest BCUT2D eigenvalue weighted by molar-refractivity contribution is 0.0953. The number of amides is 2. The van der Waals surface area contributed by atoms with Gasteiger partial charge in [-0.25, -0.2) is 0 Å². The summed E-state index contributed by atoms with van der Waals surface area (Å²) in [4.78, 5) is 29.2. The summed E-state index contributed by atoms with van der Waals surface area (Å²) in [6.07, 6.45) is 2.78. The fraction of sp³-hybridized carbons (Fsp3) is 0.0606. The predicted octanol–water partition coefficient (Wildman–Crippen LogP) is 11.4. The number of aryl methyl sites for hydroxylation is 2. The average molecular weight is 863 g/mol. The summed E-state index contributed by atoms with van der Waals surface area (Å²) in [7, 11) is 0. The number of hydrogen-bond acceptors (Lipinski definition) is 9. The van der Waals surface area contributed by atoms with Gasteiger partial charge in [-0.1, -0.05) is 121 Å². The minimum atomic E-state index is -0.529. The summed E-state index contributed by atoms with van der Waals surface area (Å²) < 4.78 is 10.3. The van der Waals surface area contributed by atoms with Gasteiger partial charge in [-0.05, 0) is 50.2 Å². The lowest BCUT2D eigenvalue weighted by Crippen LogP contribution is -2.30. The number of carbonyl (C=O) groups excluding carboxylic acids is 2. The molecule has 3 heterocycles. The molecule has 4 N–H and O–H groups in total. The predicted molar refractivity (Wildman–Crippen MR) is 206 cm³/mol. The van der Waals surface area contributed by atoms with E-state index < -0.39 is 11.8 Å². The van der Waals surface area contributed by atoms with Crippen molar-refractivity contribution in [3.63, 3.8) is 0 Å². The molecule has 3 aromatic carbocycles. The molecule has 0 atom stereocenters. The van der Waals surface area contributed by atoms with Crippen LogP contribution in [0.1, 0.15) is 32.2 Å². The zero-order valence-corrected chi connectivity index (χ0v) is 32.4. The molecule has 0 saturated carbocycles. The van der Waals surface area contributed by atoms with Crippen LogP contribution in [-0.2, 0) is 0 Å². The number of nitrogens with zero attached hydrogens (tertiary/aromatic N) is 3. The SMILES string of the molecule is Cc1onc(-c2c(Cl)cccc2Cl)c1C(=O)NNc1c(Cl)cccc1Cl.Cc1onc(-c2c(Cl)cccc2Cl)c1C(=O)NNc1c(Cl)cncc1Cl. The van der Waals surface area contributed by atoms with E-state index in [0.29, 0.717) is 64.2 Å². The molecule has 11 nitrogen and oxygen atoms in total. The van der Waals surface area contributed by atoms with Gasteiger partial charge in [-0.15, -0.1) is 0 Å².